The van der Waals surface area contributed by atoms with Crippen molar-refractivity contribution in [2.24, 2.45) is 23.7 Å². The summed E-state index contributed by atoms with van der Waals surface area (Å²) in [6.45, 7) is 9.01. The highest BCUT2D eigenvalue weighted by Gasteiger charge is 2.32. The fourth-order valence-electron chi connectivity index (χ4n) is 4.88. The summed E-state index contributed by atoms with van der Waals surface area (Å²) in [7, 11) is 3.25. The summed E-state index contributed by atoms with van der Waals surface area (Å²) in [4.78, 5) is 24.8. The normalized spacial score (nSPS) is 14.2. The monoisotopic (exact) mass is 587 g/mol. The Morgan fingerprint density at radius 3 is 2.19 bits per heavy atom. The van der Waals surface area contributed by atoms with Crippen LogP contribution < -0.4 is 14.8 Å². The number of methoxy groups -OCH3 is 2. The average molecular weight is 588 g/mol. The molecule has 9 heteroatoms. The smallest absolute Gasteiger partial charge is 0.407 e. The first-order valence-electron chi connectivity index (χ1n) is 14.7. The van der Waals surface area contributed by atoms with Gasteiger partial charge < -0.3 is 34.5 Å². The van der Waals surface area contributed by atoms with E-state index in [0.717, 1.165) is 17.5 Å². The Morgan fingerprint density at radius 2 is 1.60 bits per heavy atom. The number of aliphatic hydroxyl groups excluding tert-OH is 1. The Balaban J connectivity index is 2.22. The van der Waals surface area contributed by atoms with Crippen molar-refractivity contribution in [1.29, 1.82) is 0 Å². The summed E-state index contributed by atoms with van der Waals surface area (Å²) in [6.07, 6.45) is 0.126. The van der Waals surface area contributed by atoms with Gasteiger partial charge in [0.2, 0.25) is 0 Å². The van der Waals surface area contributed by atoms with Crippen LogP contribution in [0.2, 0.25) is 0 Å². The zero-order valence-electron chi connectivity index (χ0n) is 25.9. The molecular weight excluding hydrogens is 538 g/mol. The second-order valence-electron chi connectivity index (χ2n) is 11.4. The SMILES string of the molecule is COCCCOc1cc(C[C@@H](C[C@H](NC(=O)OCc2ccccc2)[C@@H](O)CC(C(=O)O)C(C)C)C(C)C)ccc1OC. The summed E-state index contributed by atoms with van der Waals surface area (Å²) in [5, 5.41) is 23.9. The molecule has 0 spiro atoms. The van der Waals surface area contributed by atoms with Crippen molar-refractivity contribution in [2.75, 3.05) is 27.4 Å². The molecule has 4 atom stereocenters. The molecule has 0 saturated heterocycles. The molecule has 2 rings (SSSR count). The number of hydrogen-bond donors (Lipinski definition) is 3. The Bertz CT molecular complexity index is 1070. The molecule has 234 valence electrons. The van der Waals surface area contributed by atoms with Crippen LogP contribution in [0.5, 0.6) is 11.5 Å². The van der Waals surface area contributed by atoms with Crippen LogP contribution >= 0.6 is 0 Å². The lowest BCUT2D eigenvalue weighted by atomic mass is 9.80. The van der Waals surface area contributed by atoms with E-state index in [4.69, 9.17) is 18.9 Å². The third kappa shape index (κ3) is 11.9. The van der Waals surface area contributed by atoms with E-state index in [-0.39, 0.29) is 30.8 Å². The molecule has 1 unspecified atom stereocenters. The zero-order chi connectivity index (χ0) is 31.1. The summed E-state index contributed by atoms with van der Waals surface area (Å²) in [5.41, 5.74) is 1.87. The van der Waals surface area contributed by atoms with Crippen molar-refractivity contribution in [2.45, 2.75) is 72.1 Å². The molecule has 2 aromatic carbocycles. The van der Waals surface area contributed by atoms with E-state index < -0.39 is 30.1 Å². The van der Waals surface area contributed by atoms with Gasteiger partial charge in [-0.1, -0.05) is 64.1 Å². The Morgan fingerprint density at radius 1 is 0.881 bits per heavy atom. The third-order valence-corrected chi connectivity index (χ3v) is 7.57. The van der Waals surface area contributed by atoms with E-state index in [1.165, 1.54) is 0 Å². The molecule has 9 nitrogen and oxygen atoms in total. The molecule has 0 aliphatic rings. The molecule has 2 aromatic rings. The highest BCUT2D eigenvalue weighted by molar-refractivity contribution is 5.70. The number of carbonyl (C=O) groups is 2. The average Bonchev–Trinajstić information content (AvgIpc) is 2.96. The Kier molecular flexibility index (Phi) is 15.2. The van der Waals surface area contributed by atoms with E-state index in [9.17, 15) is 19.8 Å². The first-order valence-corrected chi connectivity index (χ1v) is 14.7. The maximum absolute atomic E-state index is 12.9. The molecule has 3 N–H and O–H groups in total. The molecule has 0 radical (unpaired) electrons. The van der Waals surface area contributed by atoms with Gasteiger partial charge in [-0.15, -0.1) is 0 Å². The molecule has 0 aliphatic carbocycles. The van der Waals surface area contributed by atoms with Crippen LogP contribution in [0.3, 0.4) is 0 Å². The van der Waals surface area contributed by atoms with Crippen LogP contribution in [0.25, 0.3) is 0 Å². The topological polar surface area (TPSA) is 124 Å². The van der Waals surface area contributed by atoms with Crippen LogP contribution in [-0.2, 0) is 27.3 Å². The maximum Gasteiger partial charge on any atom is 0.407 e. The van der Waals surface area contributed by atoms with Gasteiger partial charge in [-0.05, 0) is 60.3 Å². The van der Waals surface area contributed by atoms with Gasteiger partial charge in [-0.3, -0.25) is 4.79 Å². The van der Waals surface area contributed by atoms with E-state index in [1.54, 1.807) is 14.2 Å². The maximum atomic E-state index is 12.9. The number of aliphatic carboxylic acids is 1. The highest BCUT2D eigenvalue weighted by atomic mass is 16.5. The molecule has 0 aromatic heterocycles. The Hall–Kier alpha value is -3.30. The highest BCUT2D eigenvalue weighted by Crippen LogP contribution is 2.32. The van der Waals surface area contributed by atoms with Gasteiger partial charge in [-0.25, -0.2) is 4.79 Å². The van der Waals surface area contributed by atoms with Crippen molar-refractivity contribution in [3.05, 3.63) is 59.7 Å². The number of hydrogen-bond acceptors (Lipinski definition) is 7. The number of carboxylic acids is 1. The third-order valence-electron chi connectivity index (χ3n) is 7.57. The van der Waals surface area contributed by atoms with Crippen LogP contribution in [0.4, 0.5) is 4.79 Å². The molecule has 0 aliphatic heterocycles. The van der Waals surface area contributed by atoms with Crippen molar-refractivity contribution in [3.63, 3.8) is 0 Å². The van der Waals surface area contributed by atoms with Crippen LogP contribution in [0.15, 0.2) is 48.5 Å². The minimum atomic E-state index is -1.07. The van der Waals surface area contributed by atoms with Gasteiger partial charge in [-0.2, -0.15) is 0 Å². The number of nitrogens with one attached hydrogen (secondary N) is 1. The molecule has 1 amide bonds. The predicted octanol–water partition coefficient (Wildman–Crippen LogP) is 5.72. The summed E-state index contributed by atoms with van der Waals surface area (Å²) >= 11 is 0. The van der Waals surface area contributed by atoms with Gasteiger partial charge in [0.15, 0.2) is 11.5 Å². The predicted molar refractivity (Wildman–Crippen MR) is 162 cm³/mol. The number of benzene rings is 2. The molecule has 0 fully saturated rings. The van der Waals surface area contributed by atoms with Crippen LogP contribution in [-0.4, -0.2) is 61.9 Å². The van der Waals surface area contributed by atoms with Crippen molar-refractivity contribution >= 4 is 12.1 Å². The van der Waals surface area contributed by atoms with Crippen molar-refractivity contribution < 1.29 is 38.7 Å². The van der Waals surface area contributed by atoms with Crippen molar-refractivity contribution in [3.8, 4) is 11.5 Å². The molecule has 0 saturated carbocycles. The lowest BCUT2D eigenvalue weighted by Crippen LogP contribution is -2.47. The minimum Gasteiger partial charge on any atom is -0.493 e. The first kappa shape index (κ1) is 34.9. The second-order valence-corrected chi connectivity index (χ2v) is 11.4. The second kappa shape index (κ2) is 18.3. The number of amides is 1. The van der Waals surface area contributed by atoms with Crippen LogP contribution in [0.1, 0.15) is 58.1 Å². The molecule has 0 bridgehead atoms. The zero-order valence-corrected chi connectivity index (χ0v) is 25.9. The number of carbonyl (C=O) groups excluding carboxylic acids is 1. The van der Waals surface area contributed by atoms with Gasteiger partial charge in [0, 0.05) is 20.1 Å². The number of aliphatic hydroxyl groups is 1. The largest absolute Gasteiger partial charge is 0.493 e. The fourth-order valence-corrected chi connectivity index (χ4v) is 4.88. The van der Waals surface area contributed by atoms with Crippen LogP contribution in [0, 0.1) is 23.7 Å². The van der Waals surface area contributed by atoms with Crippen molar-refractivity contribution in [1.82, 2.24) is 5.32 Å². The van der Waals surface area contributed by atoms with E-state index in [2.05, 4.69) is 19.2 Å². The first-order chi connectivity index (χ1) is 20.0. The lowest BCUT2D eigenvalue weighted by Gasteiger charge is -2.32. The number of carboxylic acid groups (broad SMARTS) is 1. The standard InChI is InChI=1S/C33H49NO8/c1-22(2)26(17-25-13-14-30(40-6)31(18-25)41-16-10-15-39-5)19-28(29(35)20-27(23(3)4)32(36)37)34-33(38)42-21-24-11-8-7-9-12-24/h7-9,11-14,18,22-23,26-29,35H,10,15-17,19-21H2,1-6H3,(H,34,38)(H,36,37)/t26-,27?,28-,29-/m0/s1. The Labute approximate surface area is 250 Å². The molecule has 0 heterocycles. The minimum absolute atomic E-state index is 0.0173. The van der Waals surface area contributed by atoms with E-state index in [0.29, 0.717) is 37.6 Å². The number of rotatable bonds is 19. The molecular formula is C33H49NO8. The fraction of sp³-hybridized carbons (Fsp3) is 0.576. The number of ether oxygens (including phenoxy) is 4. The number of alkyl carbamates (subject to hydrolysis) is 1. The summed E-state index contributed by atoms with van der Waals surface area (Å²) < 4.78 is 22.0. The summed E-state index contributed by atoms with van der Waals surface area (Å²) in [5.74, 6) is -0.347. The van der Waals surface area contributed by atoms with Gasteiger partial charge in [0.1, 0.15) is 6.61 Å². The van der Waals surface area contributed by atoms with Gasteiger partial charge in [0.05, 0.1) is 31.8 Å². The quantitative estimate of drug-likeness (QED) is 0.178. The van der Waals surface area contributed by atoms with E-state index in [1.807, 2.05) is 62.4 Å². The van der Waals surface area contributed by atoms with Gasteiger partial charge in [0.25, 0.3) is 0 Å². The van der Waals surface area contributed by atoms with Gasteiger partial charge >= 0.3 is 12.1 Å². The molecule has 42 heavy (non-hydrogen) atoms. The lowest BCUT2D eigenvalue weighted by molar-refractivity contribution is -0.144. The summed E-state index contributed by atoms with van der Waals surface area (Å²) in [6, 6.07) is 14.5. The van der Waals surface area contributed by atoms with E-state index >= 15 is 0 Å².